The SMILES string of the molecule is CCCCCCCCCCC1CCC(c2ccc3ccccc3[n+]2CC(=O)c2ccccc2)CC1.Fc1c(F)c(F)c([B-](c2c(F)c(F)c(F)c(F)c2F)(c2c(F)c(F)c(F)c(F)c2F)c2c(F)c(F)c(F)c(F)c2F)c(F)c1F. The van der Waals surface area contributed by atoms with E-state index in [1.54, 1.807) is 0 Å². The van der Waals surface area contributed by atoms with Gasteiger partial charge in [-0.05, 0) is 43.7 Å². The van der Waals surface area contributed by atoms with Gasteiger partial charge in [-0.15, -0.1) is 21.9 Å². The molecule has 0 atom stereocenters. The predicted molar refractivity (Wildman–Crippen MR) is 256 cm³/mol. The summed E-state index contributed by atoms with van der Waals surface area (Å²) in [5.41, 5.74) is -11.0. The predicted octanol–water partition coefficient (Wildman–Crippen LogP) is 14.7. The standard InChI is InChI=1S/C33H44NO.C24BF20/c1-2-3-4-5-6-7-8-10-15-27-20-22-29(23-21-27)32-25-24-28-16-13-14-19-31(28)34(32)26-33(35)30-17-11-9-12-18-30;26-5-1(6(27)14(35)21(42)13(5)34)25(2-7(28)15(36)22(43)16(37)8(2)29,3-9(30)17(38)23(44)18(39)10(3)31)4-11(32)19(40)24(45)20(41)12(4)33/h9,11-14,16-19,24-25,27,29H,2-8,10,15,20-23,26H2,1H3;/q+1;-1. The fourth-order valence-electron chi connectivity index (χ4n) is 10.9. The largest absolute Gasteiger partial charge is 0.287 e. The fraction of sp³-hybridized carbons (Fsp3) is 0.298. The van der Waals surface area contributed by atoms with Gasteiger partial charge in [0.2, 0.25) is 17.8 Å². The molecule has 0 amide bonds. The Bertz CT molecular complexity index is 3080. The van der Waals surface area contributed by atoms with Crippen LogP contribution in [-0.4, -0.2) is 11.9 Å². The highest BCUT2D eigenvalue weighted by molar-refractivity contribution is 7.20. The molecule has 1 fully saturated rings. The van der Waals surface area contributed by atoms with E-state index in [0.717, 1.165) is 11.5 Å². The van der Waals surface area contributed by atoms with Crippen LogP contribution in [0.5, 0.6) is 0 Å². The van der Waals surface area contributed by atoms with Crippen molar-refractivity contribution in [1.29, 1.82) is 0 Å². The summed E-state index contributed by atoms with van der Waals surface area (Å²) in [6, 6.07) is 22.8. The van der Waals surface area contributed by atoms with Crippen molar-refractivity contribution in [2.24, 2.45) is 5.92 Å². The summed E-state index contributed by atoms with van der Waals surface area (Å²) in [4.78, 5) is 13.2. The quantitative estimate of drug-likeness (QED) is 0.0169. The molecule has 0 unspecified atom stereocenters. The summed E-state index contributed by atoms with van der Waals surface area (Å²) in [6.07, 6.45) is 10.6. The summed E-state index contributed by atoms with van der Waals surface area (Å²) in [7, 11) is 0. The second-order valence-corrected chi connectivity index (χ2v) is 19.5. The smallest absolute Gasteiger partial charge is 0.227 e. The molecule has 426 valence electrons. The van der Waals surface area contributed by atoms with E-state index in [1.807, 2.05) is 30.3 Å². The van der Waals surface area contributed by atoms with E-state index in [2.05, 4.69) is 47.9 Å². The van der Waals surface area contributed by atoms with Crippen molar-refractivity contribution in [3.63, 3.8) is 0 Å². The Labute approximate surface area is 444 Å². The van der Waals surface area contributed by atoms with Gasteiger partial charge in [0.25, 0.3) is 0 Å². The minimum Gasteiger partial charge on any atom is -0.287 e. The molecule has 80 heavy (non-hydrogen) atoms. The average Bonchev–Trinajstić information content (AvgIpc) is 2.50. The third-order valence-electron chi connectivity index (χ3n) is 14.8. The normalized spacial score (nSPS) is 14.7. The van der Waals surface area contributed by atoms with E-state index in [4.69, 9.17) is 0 Å². The summed E-state index contributed by atoms with van der Waals surface area (Å²) in [5.74, 6) is -69.8. The Morgan fingerprint density at radius 2 is 0.738 bits per heavy atom. The maximum atomic E-state index is 15.4. The second-order valence-electron chi connectivity index (χ2n) is 19.5. The molecular formula is C57H44BF20NO. The van der Waals surface area contributed by atoms with Gasteiger partial charge in [-0.1, -0.05) is 107 Å². The lowest BCUT2D eigenvalue weighted by Gasteiger charge is -2.44. The molecule has 1 aliphatic carbocycles. The minimum atomic E-state index is -7.22. The number of halogens is 20. The van der Waals surface area contributed by atoms with E-state index in [0.29, 0.717) is 12.5 Å². The molecule has 0 aliphatic heterocycles. The van der Waals surface area contributed by atoms with E-state index < -0.39 is 144 Å². The summed E-state index contributed by atoms with van der Waals surface area (Å²) < 4.78 is 296. The molecule has 7 aromatic rings. The Hall–Kier alpha value is -6.94. The van der Waals surface area contributed by atoms with Crippen molar-refractivity contribution in [3.05, 3.63) is 194 Å². The number of carbonyl (C=O) groups excluding carboxylic acids is 1. The maximum Gasteiger partial charge on any atom is 0.227 e. The average molecular weight is 1150 g/mol. The topological polar surface area (TPSA) is 20.9 Å². The van der Waals surface area contributed by atoms with Crippen molar-refractivity contribution in [1.82, 2.24) is 0 Å². The molecule has 0 saturated heterocycles. The fourth-order valence-corrected chi connectivity index (χ4v) is 10.9. The number of carbonyl (C=O) groups is 1. The Kier molecular flexibility index (Phi) is 19.2. The van der Waals surface area contributed by atoms with Crippen LogP contribution in [0.2, 0.25) is 0 Å². The molecular weight excluding hydrogens is 1110 g/mol. The molecule has 0 N–H and O–H groups in total. The van der Waals surface area contributed by atoms with Gasteiger partial charge >= 0.3 is 0 Å². The monoisotopic (exact) mass is 1150 g/mol. The molecule has 8 rings (SSSR count). The molecule has 0 radical (unpaired) electrons. The first-order valence-electron chi connectivity index (χ1n) is 25.2. The zero-order valence-electron chi connectivity index (χ0n) is 41.9. The van der Waals surface area contributed by atoms with Crippen molar-refractivity contribution < 1.29 is 97.2 Å². The summed E-state index contributed by atoms with van der Waals surface area (Å²) in [5, 5.41) is 1.21. The van der Waals surface area contributed by atoms with Gasteiger partial charge in [0.1, 0.15) is 52.7 Å². The Morgan fingerprint density at radius 1 is 0.400 bits per heavy atom. The van der Waals surface area contributed by atoms with Crippen molar-refractivity contribution >= 4 is 44.7 Å². The number of aromatic nitrogens is 1. The first-order chi connectivity index (χ1) is 38.0. The number of para-hydroxylation sites is 1. The molecule has 6 aromatic carbocycles. The van der Waals surface area contributed by atoms with Gasteiger partial charge in [-0.2, -0.15) is 4.57 Å². The third-order valence-corrected chi connectivity index (χ3v) is 14.8. The molecule has 2 nitrogen and oxygen atoms in total. The highest BCUT2D eigenvalue weighted by atomic mass is 19.2. The maximum absolute atomic E-state index is 15.4. The number of rotatable bonds is 17. The zero-order chi connectivity index (χ0) is 58.7. The Morgan fingerprint density at radius 3 is 1.12 bits per heavy atom. The number of Topliss-reactive ketones (excluding diaryl/α,β-unsaturated/α-hetero) is 1. The van der Waals surface area contributed by atoms with E-state index in [9.17, 15) is 57.5 Å². The van der Waals surface area contributed by atoms with Crippen LogP contribution in [-0.2, 0) is 6.54 Å². The number of hydrogen-bond donors (Lipinski definition) is 0. The number of nitrogens with zero attached hydrogens (tertiary/aromatic N) is 1. The first-order valence-corrected chi connectivity index (χ1v) is 25.2. The lowest BCUT2D eigenvalue weighted by atomic mass is 9.12. The molecule has 0 spiro atoms. The van der Waals surface area contributed by atoms with Gasteiger partial charge in [-0.25, -0.2) is 87.8 Å². The van der Waals surface area contributed by atoms with Gasteiger partial charge in [0.05, 0.1) is 0 Å². The lowest BCUT2D eigenvalue weighted by molar-refractivity contribution is -0.666. The highest BCUT2D eigenvalue weighted by Gasteiger charge is 2.52. The Balaban J connectivity index is 0.000000238. The van der Waals surface area contributed by atoms with E-state index >= 15 is 35.1 Å². The number of pyridine rings is 1. The van der Waals surface area contributed by atoms with Crippen LogP contribution in [0.4, 0.5) is 87.8 Å². The lowest BCUT2D eigenvalue weighted by Crippen LogP contribution is -2.81. The summed E-state index contributed by atoms with van der Waals surface area (Å²) in [6.45, 7) is 2.71. The highest BCUT2D eigenvalue weighted by Crippen LogP contribution is 2.38. The van der Waals surface area contributed by atoms with Gasteiger partial charge in [0, 0.05) is 29.0 Å². The minimum absolute atomic E-state index is 0.191. The summed E-state index contributed by atoms with van der Waals surface area (Å²) >= 11 is 0. The second kappa shape index (κ2) is 25.2. The van der Waals surface area contributed by atoms with E-state index in [1.165, 1.54) is 100 Å². The van der Waals surface area contributed by atoms with Crippen LogP contribution in [0.1, 0.15) is 112 Å². The van der Waals surface area contributed by atoms with Crippen molar-refractivity contribution in [2.45, 2.75) is 103 Å². The molecule has 1 aliphatic rings. The van der Waals surface area contributed by atoms with Gasteiger partial charge in [0.15, 0.2) is 75.5 Å². The number of unbranched alkanes of at least 4 members (excludes halogenated alkanes) is 7. The number of ketones is 1. The van der Waals surface area contributed by atoms with Crippen LogP contribution < -0.4 is 26.4 Å². The molecule has 1 heterocycles. The molecule has 23 heteroatoms. The van der Waals surface area contributed by atoms with Crippen LogP contribution in [0.15, 0.2) is 66.7 Å². The van der Waals surface area contributed by atoms with E-state index in [-0.39, 0.29) is 5.78 Å². The van der Waals surface area contributed by atoms with Crippen LogP contribution in [0.25, 0.3) is 10.9 Å². The molecule has 1 saturated carbocycles. The molecule has 0 bridgehead atoms. The van der Waals surface area contributed by atoms with Gasteiger partial charge in [-0.3, -0.25) is 4.79 Å². The van der Waals surface area contributed by atoms with Crippen LogP contribution in [0.3, 0.4) is 0 Å². The first kappa shape index (κ1) is 60.7. The number of benzene rings is 6. The number of fused-ring (bicyclic) bond motifs is 1. The van der Waals surface area contributed by atoms with Gasteiger partial charge < -0.3 is 0 Å². The van der Waals surface area contributed by atoms with Crippen LogP contribution >= 0.6 is 0 Å². The molecule has 1 aromatic heterocycles. The van der Waals surface area contributed by atoms with Crippen molar-refractivity contribution in [2.75, 3.05) is 0 Å². The van der Waals surface area contributed by atoms with Crippen LogP contribution in [0, 0.1) is 122 Å². The zero-order valence-corrected chi connectivity index (χ0v) is 41.9. The third kappa shape index (κ3) is 11.1. The van der Waals surface area contributed by atoms with Crippen molar-refractivity contribution in [3.8, 4) is 0 Å². The number of hydrogen-bond acceptors (Lipinski definition) is 1.